The molecule has 0 amide bonds. The first-order chi connectivity index (χ1) is 10.4. The van der Waals surface area contributed by atoms with E-state index in [1.807, 2.05) is 6.92 Å². The average molecular weight is 339 g/mol. The summed E-state index contributed by atoms with van der Waals surface area (Å²) in [6.07, 6.45) is 5.65. The Labute approximate surface area is 138 Å². The standard InChI is InChI=1S/C17H32F2O2S/c1-4-7-11-16(20)21-14-15(10-5-2)22-13-9-8-12-17(18,19)6-3/h15H,4-14H2,1-3H3. The smallest absolute Gasteiger partial charge is 0.305 e. The summed E-state index contributed by atoms with van der Waals surface area (Å²) >= 11 is 1.75. The summed E-state index contributed by atoms with van der Waals surface area (Å²) in [5, 5.41) is 0.294. The first-order valence-corrected chi connectivity index (χ1v) is 9.65. The van der Waals surface area contributed by atoms with E-state index in [1.165, 1.54) is 6.92 Å². The van der Waals surface area contributed by atoms with Gasteiger partial charge < -0.3 is 4.74 Å². The van der Waals surface area contributed by atoms with Gasteiger partial charge in [0.1, 0.15) is 6.61 Å². The van der Waals surface area contributed by atoms with E-state index in [9.17, 15) is 13.6 Å². The van der Waals surface area contributed by atoms with Gasteiger partial charge in [-0.05, 0) is 31.4 Å². The van der Waals surface area contributed by atoms with Crippen molar-refractivity contribution < 1.29 is 18.3 Å². The van der Waals surface area contributed by atoms with Crippen LogP contribution in [0.5, 0.6) is 0 Å². The highest BCUT2D eigenvalue weighted by Crippen LogP contribution is 2.26. The Hall–Kier alpha value is -0.320. The zero-order valence-electron chi connectivity index (χ0n) is 14.3. The lowest BCUT2D eigenvalue weighted by Crippen LogP contribution is -2.17. The fourth-order valence-electron chi connectivity index (χ4n) is 2.03. The second kappa shape index (κ2) is 13.1. The number of rotatable bonds is 14. The van der Waals surface area contributed by atoms with Crippen molar-refractivity contribution >= 4 is 17.7 Å². The zero-order chi connectivity index (χ0) is 16.8. The van der Waals surface area contributed by atoms with Crippen molar-refractivity contribution in [1.29, 1.82) is 0 Å². The third kappa shape index (κ3) is 12.2. The van der Waals surface area contributed by atoms with Crippen LogP contribution < -0.4 is 0 Å². The molecule has 0 aromatic carbocycles. The first kappa shape index (κ1) is 21.7. The number of carbonyl (C=O) groups is 1. The lowest BCUT2D eigenvalue weighted by atomic mass is 10.1. The number of thioether (sulfide) groups is 1. The summed E-state index contributed by atoms with van der Waals surface area (Å²) in [6.45, 7) is 6.13. The van der Waals surface area contributed by atoms with Crippen LogP contribution in [0.15, 0.2) is 0 Å². The Morgan fingerprint density at radius 1 is 1.14 bits per heavy atom. The van der Waals surface area contributed by atoms with Crippen molar-refractivity contribution in [1.82, 2.24) is 0 Å². The zero-order valence-corrected chi connectivity index (χ0v) is 15.2. The fourth-order valence-corrected chi connectivity index (χ4v) is 3.30. The van der Waals surface area contributed by atoms with Crippen LogP contribution in [0.3, 0.4) is 0 Å². The molecule has 0 aliphatic heterocycles. The summed E-state index contributed by atoms with van der Waals surface area (Å²) in [4.78, 5) is 11.5. The van der Waals surface area contributed by atoms with Gasteiger partial charge in [0.05, 0.1) is 0 Å². The van der Waals surface area contributed by atoms with E-state index >= 15 is 0 Å². The second-order valence-electron chi connectivity index (χ2n) is 5.73. The molecule has 0 rings (SSSR count). The topological polar surface area (TPSA) is 26.3 Å². The summed E-state index contributed by atoms with van der Waals surface area (Å²) < 4.78 is 31.5. The number of halogens is 2. The monoisotopic (exact) mass is 338 g/mol. The number of unbranched alkanes of at least 4 members (excludes halogenated alkanes) is 2. The third-order valence-corrected chi connectivity index (χ3v) is 4.95. The first-order valence-electron chi connectivity index (χ1n) is 8.60. The van der Waals surface area contributed by atoms with Gasteiger partial charge in [-0.2, -0.15) is 11.8 Å². The second-order valence-corrected chi connectivity index (χ2v) is 7.14. The normalized spacial score (nSPS) is 13.1. The van der Waals surface area contributed by atoms with Gasteiger partial charge in [-0.25, -0.2) is 8.78 Å². The lowest BCUT2D eigenvalue weighted by molar-refractivity contribution is -0.143. The van der Waals surface area contributed by atoms with Crippen molar-refractivity contribution in [2.24, 2.45) is 0 Å². The molecular weight excluding hydrogens is 306 g/mol. The van der Waals surface area contributed by atoms with Gasteiger partial charge in [0, 0.05) is 24.5 Å². The highest BCUT2D eigenvalue weighted by Gasteiger charge is 2.24. The Bertz CT molecular complexity index is 286. The van der Waals surface area contributed by atoms with E-state index in [2.05, 4.69) is 6.92 Å². The van der Waals surface area contributed by atoms with Gasteiger partial charge >= 0.3 is 5.97 Å². The quantitative estimate of drug-likeness (QED) is 0.294. The molecule has 5 heteroatoms. The van der Waals surface area contributed by atoms with Crippen LogP contribution in [0, 0.1) is 0 Å². The third-order valence-electron chi connectivity index (χ3n) is 3.58. The maximum absolute atomic E-state index is 13.1. The van der Waals surface area contributed by atoms with Crippen LogP contribution in [0.25, 0.3) is 0 Å². The van der Waals surface area contributed by atoms with E-state index in [4.69, 9.17) is 4.74 Å². The SMILES string of the molecule is CCCCC(=O)OCC(CCC)SCCCCC(F)(F)CC. The Morgan fingerprint density at radius 2 is 1.86 bits per heavy atom. The van der Waals surface area contributed by atoms with Gasteiger partial charge in [-0.1, -0.05) is 33.6 Å². The molecule has 0 saturated carbocycles. The van der Waals surface area contributed by atoms with E-state index in [0.717, 1.165) is 37.9 Å². The molecular formula is C17H32F2O2S. The highest BCUT2D eigenvalue weighted by atomic mass is 32.2. The summed E-state index contributed by atoms with van der Waals surface area (Å²) in [5.74, 6) is -1.77. The highest BCUT2D eigenvalue weighted by molar-refractivity contribution is 7.99. The largest absolute Gasteiger partial charge is 0.464 e. The summed E-state index contributed by atoms with van der Waals surface area (Å²) in [7, 11) is 0. The fraction of sp³-hybridized carbons (Fsp3) is 0.941. The molecule has 0 heterocycles. The number of carbonyl (C=O) groups excluding carboxylic acids is 1. The number of alkyl halides is 2. The molecule has 0 bridgehead atoms. The average Bonchev–Trinajstić information content (AvgIpc) is 2.50. The van der Waals surface area contributed by atoms with E-state index in [0.29, 0.717) is 24.7 Å². The molecule has 0 aliphatic rings. The van der Waals surface area contributed by atoms with Gasteiger partial charge in [0.25, 0.3) is 0 Å². The van der Waals surface area contributed by atoms with E-state index in [-0.39, 0.29) is 18.8 Å². The van der Waals surface area contributed by atoms with Crippen molar-refractivity contribution in [3.8, 4) is 0 Å². The van der Waals surface area contributed by atoms with Crippen LogP contribution in [-0.2, 0) is 9.53 Å². The molecule has 132 valence electrons. The molecule has 2 nitrogen and oxygen atoms in total. The Kier molecular flexibility index (Phi) is 13.0. The number of hydrogen-bond donors (Lipinski definition) is 0. The number of esters is 1. The Morgan fingerprint density at radius 3 is 2.45 bits per heavy atom. The molecule has 22 heavy (non-hydrogen) atoms. The van der Waals surface area contributed by atoms with Crippen LogP contribution in [0.2, 0.25) is 0 Å². The predicted molar refractivity (Wildman–Crippen MR) is 90.7 cm³/mol. The van der Waals surface area contributed by atoms with Crippen molar-refractivity contribution in [2.75, 3.05) is 12.4 Å². The van der Waals surface area contributed by atoms with Crippen LogP contribution >= 0.6 is 11.8 Å². The minimum Gasteiger partial charge on any atom is -0.464 e. The van der Waals surface area contributed by atoms with E-state index < -0.39 is 5.92 Å². The van der Waals surface area contributed by atoms with Gasteiger partial charge in [-0.15, -0.1) is 0 Å². The predicted octanol–water partition coefficient (Wildman–Crippen LogP) is 5.84. The van der Waals surface area contributed by atoms with Gasteiger partial charge in [-0.3, -0.25) is 4.79 Å². The van der Waals surface area contributed by atoms with Crippen LogP contribution in [0.4, 0.5) is 8.78 Å². The van der Waals surface area contributed by atoms with Gasteiger partial charge in [0.15, 0.2) is 0 Å². The Balaban J connectivity index is 3.82. The number of ether oxygens (including phenoxy) is 1. The molecule has 1 unspecified atom stereocenters. The minimum absolute atomic E-state index is 0.0193. The lowest BCUT2D eigenvalue weighted by Gasteiger charge is -2.17. The summed E-state index contributed by atoms with van der Waals surface area (Å²) in [6, 6.07) is 0. The molecule has 0 saturated heterocycles. The molecule has 0 aromatic heterocycles. The maximum atomic E-state index is 13.1. The molecule has 0 radical (unpaired) electrons. The molecule has 0 spiro atoms. The van der Waals surface area contributed by atoms with Crippen molar-refractivity contribution in [3.05, 3.63) is 0 Å². The molecule has 0 N–H and O–H groups in total. The number of hydrogen-bond acceptors (Lipinski definition) is 3. The molecule has 0 aliphatic carbocycles. The van der Waals surface area contributed by atoms with Crippen LogP contribution in [0.1, 0.15) is 78.6 Å². The van der Waals surface area contributed by atoms with Gasteiger partial charge in [0.2, 0.25) is 5.92 Å². The van der Waals surface area contributed by atoms with Crippen molar-refractivity contribution in [2.45, 2.75) is 89.7 Å². The molecule has 0 fully saturated rings. The summed E-state index contributed by atoms with van der Waals surface area (Å²) in [5.41, 5.74) is 0. The minimum atomic E-state index is -2.51. The van der Waals surface area contributed by atoms with Crippen LogP contribution in [-0.4, -0.2) is 29.5 Å². The van der Waals surface area contributed by atoms with Crippen molar-refractivity contribution in [3.63, 3.8) is 0 Å². The van der Waals surface area contributed by atoms with E-state index in [1.54, 1.807) is 11.8 Å². The molecule has 0 aromatic rings. The molecule has 1 atom stereocenters. The maximum Gasteiger partial charge on any atom is 0.305 e.